The first-order valence-electron chi connectivity index (χ1n) is 7.39. The number of aryl methyl sites for hydroxylation is 1. The smallest absolute Gasteiger partial charge is 0.289 e. The molecule has 2 aromatic heterocycles. The lowest BCUT2D eigenvalue weighted by Crippen LogP contribution is -2.46. The third kappa shape index (κ3) is 3.43. The van der Waals surface area contributed by atoms with Crippen molar-refractivity contribution in [1.29, 1.82) is 0 Å². The van der Waals surface area contributed by atoms with Gasteiger partial charge in [-0.1, -0.05) is 5.16 Å². The fraction of sp³-hybridized carbons (Fsp3) is 0.533. The van der Waals surface area contributed by atoms with Crippen molar-refractivity contribution in [2.24, 2.45) is 0 Å². The molecule has 0 spiro atoms. The molecule has 8 heteroatoms. The summed E-state index contributed by atoms with van der Waals surface area (Å²) < 4.78 is 21.5. The minimum atomic E-state index is -0.433. The number of aromatic nitrogens is 2. The zero-order chi connectivity index (χ0) is 16.4. The van der Waals surface area contributed by atoms with E-state index in [1.165, 1.54) is 0 Å². The molecule has 1 saturated heterocycles. The van der Waals surface area contributed by atoms with Gasteiger partial charge in [0, 0.05) is 13.7 Å². The Labute approximate surface area is 133 Å². The van der Waals surface area contributed by atoms with E-state index in [1.54, 1.807) is 31.1 Å². The Morgan fingerprint density at radius 2 is 2.26 bits per heavy atom. The number of amides is 1. The number of furan rings is 1. The zero-order valence-corrected chi connectivity index (χ0v) is 13.3. The van der Waals surface area contributed by atoms with Crippen LogP contribution in [0.5, 0.6) is 0 Å². The van der Waals surface area contributed by atoms with Gasteiger partial charge in [0.25, 0.3) is 11.8 Å². The van der Waals surface area contributed by atoms with Crippen LogP contribution in [-0.4, -0.2) is 47.3 Å². The van der Waals surface area contributed by atoms with Gasteiger partial charge in [-0.25, -0.2) is 0 Å². The molecule has 0 radical (unpaired) electrons. The van der Waals surface area contributed by atoms with Crippen LogP contribution in [0.25, 0.3) is 0 Å². The van der Waals surface area contributed by atoms with Crippen molar-refractivity contribution in [3.63, 3.8) is 0 Å². The molecule has 124 valence electrons. The second kappa shape index (κ2) is 6.51. The van der Waals surface area contributed by atoms with Crippen molar-refractivity contribution in [2.75, 3.05) is 20.2 Å². The third-order valence-corrected chi connectivity index (χ3v) is 3.53. The molecule has 0 aromatic carbocycles. The van der Waals surface area contributed by atoms with Gasteiger partial charge in [0.15, 0.2) is 17.7 Å². The summed E-state index contributed by atoms with van der Waals surface area (Å²) in [5.74, 6) is 1.62. The molecule has 3 rings (SSSR count). The lowest BCUT2D eigenvalue weighted by Gasteiger charge is -2.34. The fourth-order valence-electron chi connectivity index (χ4n) is 2.57. The van der Waals surface area contributed by atoms with Crippen LogP contribution < -0.4 is 0 Å². The van der Waals surface area contributed by atoms with Crippen molar-refractivity contribution >= 4 is 5.91 Å². The third-order valence-electron chi connectivity index (χ3n) is 3.53. The lowest BCUT2D eigenvalue weighted by molar-refractivity contribution is -0.0815. The molecule has 0 bridgehead atoms. The van der Waals surface area contributed by atoms with E-state index in [-0.39, 0.29) is 17.8 Å². The molecule has 0 aliphatic carbocycles. The molecule has 23 heavy (non-hydrogen) atoms. The average molecular weight is 321 g/mol. The summed E-state index contributed by atoms with van der Waals surface area (Å²) in [6.07, 6.45) is -0.573. The lowest BCUT2D eigenvalue weighted by atomic mass is 10.2. The minimum absolute atomic E-state index is 0.140. The van der Waals surface area contributed by atoms with Crippen LogP contribution in [0.1, 0.15) is 41.1 Å². The summed E-state index contributed by atoms with van der Waals surface area (Å²) >= 11 is 0. The van der Waals surface area contributed by atoms with Gasteiger partial charge in [0.05, 0.1) is 12.6 Å². The summed E-state index contributed by atoms with van der Waals surface area (Å²) in [4.78, 5) is 18.5. The van der Waals surface area contributed by atoms with Crippen molar-refractivity contribution in [1.82, 2.24) is 15.0 Å². The molecular formula is C15H19N3O5. The number of ether oxygens (including phenoxy) is 2. The number of nitrogens with zero attached hydrogens (tertiary/aromatic N) is 3. The Morgan fingerprint density at radius 1 is 1.43 bits per heavy atom. The number of morpholine rings is 1. The van der Waals surface area contributed by atoms with E-state index in [1.807, 2.05) is 6.92 Å². The molecule has 0 saturated carbocycles. The number of methoxy groups -OCH3 is 1. The summed E-state index contributed by atoms with van der Waals surface area (Å²) in [5.41, 5.74) is 0. The highest BCUT2D eigenvalue weighted by atomic mass is 16.5. The maximum Gasteiger partial charge on any atom is 0.289 e. The molecule has 1 amide bonds. The fourth-order valence-corrected chi connectivity index (χ4v) is 2.57. The molecule has 1 fully saturated rings. The van der Waals surface area contributed by atoms with Crippen LogP contribution in [0.2, 0.25) is 0 Å². The van der Waals surface area contributed by atoms with Gasteiger partial charge in [0.1, 0.15) is 12.4 Å². The second-order valence-corrected chi connectivity index (χ2v) is 5.52. The van der Waals surface area contributed by atoms with Gasteiger partial charge in [-0.2, -0.15) is 4.98 Å². The molecule has 0 unspecified atom stereocenters. The molecule has 2 aromatic rings. The summed E-state index contributed by atoms with van der Waals surface area (Å²) in [6, 6.07) is 3.39. The van der Waals surface area contributed by atoms with Crippen LogP contribution >= 0.6 is 0 Å². The SMILES string of the molecule is COCc1ccc(C(=O)N2C[C@@H](C)O[C@@H](c3nc(C)no3)C2)o1. The molecule has 0 N–H and O–H groups in total. The molecule has 8 nitrogen and oxygen atoms in total. The summed E-state index contributed by atoms with van der Waals surface area (Å²) in [7, 11) is 1.57. The van der Waals surface area contributed by atoms with Crippen LogP contribution in [0.4, 0.5) is 0 Å². The van der Waals surface area contributed by atoms with Gasteiger partial charge in [-0.3, -0.25) is 4.79 Å². The first-order chi connectivity index (χ1) is 11.1. The van der Waals surface area contributed by atoms with E-state index in [4.69, 9.17) is 18.4 Å². The Balaban J connectivity index is 1.74. The van der Waals surface area contributed by atoms with Gasteiger partial charge in [-0.15, -0.1) is 0 Å². The summed E-state index contributed by atoms with van der Waals surface area (Å²) in [5, 5.41) is 3.77. The number of hydrogen-bond donors (Lipinski definition) is 0. The first kappa shape index (κ1) is 15.7. The van der Waals surface area contributed by atoms with E-state index in [0.717, 1.165) is 0 Å². The number of carbonyl (C=O) groups excluding carboxylic acids is 1. The Bertz CT molecular complexity index is 680. The molecule has 1 aliphatic heterocycles. The van der Waals surface area contributed by atoms with Crippen molar-refractivity contribution in [3.8, 4) is 0 Å². The van der Waals surface area contributed by atoms with E-state index < -0.39 is 6.10 Å². The highest BCUT2D eigenvalue weighted by molar-refractivity contribution is 5.91. The quantitative estimate of drug-likeness (QED) is 0.846. The topological polar surface area (TPSA) is 90.8 Å². The predicted molar refractivity (Wildman–Crippen MR) is 77.6 cm³/mol. The Kier molecular flexibility index (Phi) is 4.44. The molecular weight excluding hydrogens is 302 g/mol. The Hall–Kier alpha value is -2.19. The van der Waals surface area contributed by atoms with Gasteiger partial charge < -0.3 is 23.3 Å². The predicted octanol–water partition coefficient (Wildman–Crippen LogP) is 1.72. The van der Waals surface area contributed by atoms with Crippen LogP contribution in [0.3, 0.4) is 0 Å². The number of hydrogen-bond acceptors (Lipinski definition) is 7. The first-order valence-corrected chi connectivity index (χ1v) is 7.39. The van der Waals surface area contributed by atoms with Gasteiger partial charge >= 0.3 is 0 Å². The average Bonchev–Trinajstić information content (AvgIpc) is 3.15. The highest BCUT2D eigenvalue weighted by Crippen LogP contribution is 2.25. The van der Waals surface area contributed by atoms with E-state index in [9.17, 15) is 4.79 Å². The minimum Gasteiger partial charge on any atom is -0.453 e. The maximum absolute atomic E-state index is 12.6. The molecule has 1 aliphatic rings. The number of carbonyl (C=O) groups is 1. The normalized spacial score (nSPS) is 21.6. The standard InChI is InChI=1S/C15H19N3O5/c1-9-6-18(7-13(21-9)14-16-10(2)17-23-14)15(19)12-5-4-11(22-12)8-20-3/h4-5,9,13H,6-8H2,1-3H3/t9-,13-/m1/s1. The largest absolute Gasteiger partial charge is 0.453 e. The van der Waals surface area contributed by atoms with E-state index in [0.29, 0.717) is 37.2 Å². The highest BCUT2D eigenvalue weighted by Gasteiger charge is 2.33. The Morgan fingerprint density at radius 3 is 2.96 bits per heavy atom. The number of rotatable bonds is 4. The van der Waals surface area contributed by atoms with Crippen LogP contribution in [0, 0.1) is 6.92 Å². The van der Waals surface area contributed by atoms with Gasteiger partial charge in [-0.05, 0) is 26.0 Å². The van der Waals surface area contributed by atoms with Crippen molar-refractivity contribution in [3.05, 3.63) is 35.4 Å². The van der Waals surface area contributed by atoms with Gasteiger partial charge in [0.2, 0.25) is 0 Å². The van der Waals surface area contributed by atoms with Crippen LogP contribution in [-0.2, 0) is 16.1 Å². The van der Waals surface area contributed by atoms with Crippen molar-refractivity contribution in [2.45, 2.75) is 32.7 Å². The van der Waals surface area contributed by atoms with Crippen LogP contribution in [0.15, 0.2) is 21.1 Å². The monoisotopic (exact) mass is 321 g/mol. The van der Waals surface area contributed by atoms with E-state index in [2.05, 4.69) is 10.1 Å². The van der Waals surface area contributed by atoms with E-state index >= 15 is 0 Å². The van der Waals surface area contributed by atoms with Crippen molar-refractivity contribution < 1.29 is 23.2 Å². The summed E-state index contributed by atoms with van der Waals surface area (Å²) in [6.45, 7) is 4.78. The second-order valence-electron chi connectivity index (χ2n) is 5.52. The zero-order valence-electron chi connectivity index (χ0n) is 13.3. The molecule has 2 atom stereocenters. The molecule has 3 heterocycles. The maximum atomic E-state index is 12.6.